The van der Waals surface area contributed by atoms with Gasteiger partial charge in [-0.2, -0.15) is 0 Å². The number of fused-ring (bicyclic) bond motifs is 1. The summed E-state index contributed by atoms with van der Waals surface area (Å²) in [6.45, 7) is 4.10. The lowest BCUT2D eigenvalue weighted by molar-refractivity contribution is 0.594. The second-order valence-corrected chi connectivity index (χ2v) is 8.82. The summed E-state index contributed by atoms with van der Waals surface area (Å²) >= 11 is 6.24. The molecular weight excluding hydrogens is 362 g/mol. The number of hydrogen-bond donors (Lipinski definition) is 2. The van der Waals surface area contributed by atoms with Gasteiger partial charge in [-0.25, -0.2) is 8.42 Å². The molecule has 0 aliphatic carbocycles. The van der Waals surface area contributed by atoms with Crippen molar-refractivity contribution in [1.82, 2.24) is 4.98 Å². The van der Waals surface area contributed by atoms with Gasteiger partial charge in [0.15, 0.2) is 0 Å². The second kappa shape index (κ2) is 6.19. The highest BCUT2D eigenvalue weighted by Crippen LogP contribution is 2.33. The number of anilines is 1. The minimum atomic E-state index is -3.61. The van der Waals surface area contributed by atoms with Gasteiger partial charge in [0.1, 0.15) is 9.20 Å². The Morgan fingerprint density at radius 2 is 2.12 bits per heavy atom. The van der Waals surface area contributed by atoms with Crippen molar-refractivity contribution in [2.75, 3.05) is 10.8 Å². The maximum Gasteiger partial charge on any atom is 0.273 e. The summed E-state index contributed by atoms with van der Waals surface area (Å²) < 4.78 is 27.7. The summed E-state index contributed by atoms with van der Waals surface area (Å²) in [5.74, 6) is 0. The number of aromatic amines is 1. The maximum absolute atomic E-state index is 13.0. The molecular formula is C16H17N3O2S3. The van der Waals surface area contributed by atoms with E-state index in [1.54, 1.807) is 17.5 Å². The number of aromatic nitrogens is 1. The van der Waals surface area contributed by atoms with Gasteiger partial charge >= 0.3 is 0 Å². The Morgan fingerprint density at radius 1 is 1.38 bits per heavy atom. The summed E-state index contributed by atoms with van der Waals surface area (Å²) in [7, 11) is -3.61. The number of thiocarbonyl (C=S) groups is 1. The lowest BCUT2D eigenvalue weighted by atomic mass is 10.1. The van der Waals surface area contributed by atoms with Gasteiger partial charge in [-0.1, -0.05) is 24.4 Å². The van der Waals surface area contributed by atoms with Crippen molar-refractivity contribution in [2.24, 2.45) is 5.73 Å². The molecule has 0 unspecified atom stereocenters. The normalized spacial score (nSPS) is 11.8. The zero-order valence-electron chi connectivity index (χ0n) is 13.2. The van der Waals surface area contributed by atoms with E-state index >= 15 is 0 Å². The van der Waals surface area contributed by atoms with Crippen LogP contribution in [-0.2, 0) is 10.0 Å². The number of thiophene rings is 1. The molecule has 1 aromatic carbocycles. The van der Waals surface area contributed by atoms with E-state index in [9.17, 15) is 8.42 Å². The predicted octanol–water partition coefficient (Wildman–Crippen LogP) is 3.39. The van der Waals surface area contributed by atoms with E-state index in [0.717, 1.165) is 16.5 Å². The predicted molar refractivity (Wildman–Crippen MR) is 103 cm³/mol. The number of hydrogen-bond acceptors (Lipinski definition) is 4. The Labute approximate surface area is 150 Å². The fourth-order valence-electron chi connectivity index (χ4n) is 2.67. The van der Waals surface area contributed by atoms with Crippen LogP contribution in [0.25, 0.3) is 10.9 Å². The standard InChI is InChI=1S/C16H17N3O2S3/c1-3-19(24(20,21)14-5-4-8-23-14)13-7-6-10(2)11-9-12(16(17)22)18-15(11)13/h4-9,18H,3H2,1-2H3,(H2,17,22). The van der Waals surface area contributed by atoms with Crippen molar-refractivity contribution in [3.05, 3.63) is 47.0 Å². The Hall–Kier alpha value is -1.90. The third-order valence-electron chi connectivity index (χ3n) is 3.85. The van der Waals surface area contributed by atoms with Crippen LogP contribution in [0.1, 0.15) is 18.2 Å². The van der Waals surface area contributed by atoms with Crippen LogP contribution in [0.15, 0.2) is 39.9 Å². The molecule has 0 saturated carbocycles. The molecule has 0 amide bonds. The summed E-state index contributed by atoms with van der Waals surface area (Å²) in [5.41, 5.74) is 8.68. The van der Waals surface area contributed by atoms with E-state index in [0.29, 0.717) is 22.1 Å². The van der Waals surface area contributed by atoms with E-state index in [-0.39, 0.29) is 4.99 Å². The molecule has 3 rings (SSSR count). The van der Waals surface area contributed by atoms with Gasteiger partial charge in [0.2, 0.25) is 0 Å². The van der Waals surface area contributed by atoms with Crippen molar-refractivity contribution in [2.45, 2.75) is 18.1 Å². The first-order valence-electron chi connectivity index (χ1n) is 7.34. The molecule has 0 bridgehead atoms. The highest BCUT2D eigenvalue weighted by molar-refractivity contribution is 7.94. The van der Waals surface area contributed by atoms with Gasteiger partial charge in [0.25, 0.3) is 10.0 Å². The SMILES string of the molecule is CCN(c1ccc(C)c2cc(C(N)=S)[nH]c12)S(=O)(=O)c1cccs1. The van der Waals surface area contributed by atoms with Crippen molar-refractivity contribution in [3.63, 3.8) is 0 Å². The summed E-state index contributed by atoms with van der Waals surface area (Å²) in [5, 5.41) is 2.67. The van der Waals surface area contributed by atoms with Crippen LogP contribution in [0.4, 0.5) is 5.69 Å². The Bertz CT molecular complexity index is 1000. The van der Waals surface area contributed by atoms with Gasteiger partial charge in [0.05, 0.1) is 16.9 Å². The number of nitrogens with zero attached hydrogens (tertiary/aromatic N) is 1. The van der Waals surface area contributed by atoms with Gasteiger partial charge in [-0.15, -0.1) is 11.3 Å². The van der Waals surface area contributed by atoms with Crippen LogP contribution >= 0.6 is 23.6 Å². The molecule has 0 fully saturated rings. The number of benzene rings is 1. The van der Waals surface area contributed by atoms with Crippen molar-refractivity contribution < 1.29 is 8.42 Å². The highest BCUT2D eigenvalue weighted by atomic mass is 32.2. The molecule has 24 heavy (non-hydrogen) atoms. The molecule has 3 aromatic rings. The molecule has 0 saturated heterocycles. The number of nitrogens with one attached hydrogen (secondary N) is 1. The smallest absolute Gasteiger partial charge is 0.273 e. The van der Waals surface area contributed by atoms with Crippen molar-refractivity contribution in [1.29, 1.82) is 0 Å². The third kappa shape index (κ3) is 2.70. The van der Waals surface area contributed by atoms with Crippen molar-refractivity contribution >= 4 is 55.2 Å². The van der Waals surface area contributed by atoms with E-state index in [1.807, 2.05) is 32.0 Å². The average molecular weight is 380 g/mol. The monoisotopic (exact) mass is 379 g/mol. The summed E-state index contributed by atoms with van der Waals surface area (Å²) in [6, 6.07) is 8.93. The van der Waals surface area contributed by atoms with Crippen LogP contribution < -0.4 is 10.0 Å². The quantitative estimate of drug-likeness (QED) is 0.666. The molecule has 0 radical (unpaired) electrons. The van der Waals surface area contributed by atoms with E-state index in [4.69, 9.17) is 18.0 Å². The zero-order chi connectivity index (χ0) is 17.5. The number of aryl methyl sites for hydroxylation is 1. The third-order valence-corrected chi connectivity index (χ3v) is 7.33. The summed E-state index contributed by atoms with van der Waals surface area (Å²) in [4.78, 5) is 3.42. The molecule has 0 aliphatic heterocycles. The molecule has 0 atom stereocenters. The van der Waals surface area contributed by atoms with E-state index in [1.165, 1.54) is 15.6 Å². The minimum absolute atomic E-state index is 0.251. The Balaban J connectivity index is 2.24. The molecule has 2 heterocycles. The number of sulfonamides is 1. The Morgan fingerprint density at radius 3 is 2.71 bits per heavy atom. The second-order valence-electron chi connectivity index (χ2n) is 5.34. The first-order chi connectivity index (χ1) is 11.4. The minimum Gasteiger partial charge on any atom is -0.388 e. The number of rotatable bonds is 5. The van der Waals surface area contributed by atoms with Crippen LogP contribution in [-0.4, -0.2) is 24.9 Å². The highest BCUT2D eigenvalue weighted by Gasteiger charge is 2.26. The molecule has 5 nitrogen and oxygen atoms in total. The topological polar surface area (TPSA) is 79.2 Å². The average Bonchev–Trinajstić information content (AvgIpc) is 3.19. The lowest BCUT2D eigenvalue weighted by Gasteiger charge is -2.23. The van der Waals surface area contributed by atoms with Gasteiger partial charge < -0.3 is 10.7 Å². The largest absolute Gasteiger partial charge is 0.388 e. The first kappa shape index (κ1) is 16.9. The molecule has 3 N–H and O–H groups in total. The molecule has 126 valence electrons. The molecule has 2 aromatic heterocycles. The fraction of sp³-hybridized carbons (Fsp3) is 0.188. The molecule has 0 aliphatic rings. The fourth-order valence-corrected chi connectivity index (χ4v) is 5.37. The van der Waals surface area contributed by atoms with Crippen LogP contribution in [0.5, 0.6) is 0 Å². The number of nitrogens with two attached hydrogens (primary N) is 1. The maximum atomic E-state index is 13.0. The van der Waals surface area contributed by atoms with Crippen LogP contribution in [0, 0.1) is 6.92 Å². The van der Waals surface area contributed by atoms with Crippen LogP contribution in [0.3, 0.4) is 0 Å². The number of H-pyrrole nitrogens is 1. The lowest BCUT2D eigenvalue weighted by Crippen LogP contribution is -2.30. The Kier molecular flexibility index (Phi) is 4.37. The van der Waals surface area contributed by atoms with Crippen molar-refractivity contribution in [3.8, 4) is 0 Å². The molecule has 8 heteroatoms. The zero-order valence-corrected chi connectivity index (χ0v) is 15.7. The van der Waals surface area contributed by atoms with Gasteiger partial charge in [-0.05, 0) is 43.0 Å². The van der Waals surface area contributed by atoms with E-state index in [2.05, 4.69) is 4.98 Å². The van der Waals surface area contributed by atoms with E-state index < -0.39 is 10.0 Å². The summed E-state index contributed by atoms with van der Waals surface area (Å²) in [6.07, 6.45) is 0. The van der Waals surface area contributed by atoms with Gasteiger partial charge in [0, 0.05) is 11.9 Å². The van der Waals surface area contributed by atoms with Crippen LogP contribution in [0.2, 0.25) is 0 Å². The van der Waals surface area contributed by atoms with Gasteiger partial charge in [-0.3, -0.25) is 4.31 Å². The molecule has 0 spiro atoms. The first-order valence-corrected chi connectivity index (χ1v) is 10.1.